The normalized spacial score (nSPS) is 48.7. The highest BCUT2D eigenvalue weighted by Gasteiger charge is 2.97. The van der Waals surface area contributed by atoms with Crippen LogP contribution in [0.1, 0.15) is 20.8 Å². The van der Waals surface area contributed by atoms with Crippen LogP contribution in [0.3, 0.4) is 0 Å². The van der Waals surface area contributed by atoms with Crippen LogP contribution in [0.5, 0.6) is 0 Å². The molecule has 0 aromatic heterocycles. The third-order valence-corrected chi connectivity index (χ3v) is 12.3. The maximum Gasteiger partial charge on any atom is 0.488 e. The Morgan fingerprint density at radius 2 is 1.21 bits per heavy atom. The van der Waals surface area contributed by atoms with E-state index in [2.05, 4.69) is 77.6 Å². The summed E-state index contributed by atoms with van der Waals surface area (Å²) in [6, 6.07) is 0. The van der Waals surface area contributed by atoms with E-state index < -0.39 is 31.9 Å². The van der Waals surface area contributed by atoms with Gasteiger partial charge >= 0.3 is 21.6 Å². The Labute approximate surface area is 196 Å². The summed E-state index contributed by atoms with van der Waals surface area (Å²) >= 11 is 14.0. The summed E-state index contributed by atoms with van der Waals surface area (Å²) in [7, 11) is -7.40. The molecule has 6 fully saturated rings. The van der Waals surface area contributed by atoms with Gasteiger partial charge in [-0.1, -0.05) is 74.1 Å². The second kappa shape index (κ2) is 7.19. The molecule has 4 atom stereocenters. The number of hydrogen-bond donors (Lipinski definition) is 0. The summed E-state index contributed by atoms with van der Waals surface area (Å²) in [6.07, 6.45) is 0. The summed E-state index contributed by atoms with van der Waals surface area (Å²) in [5.41, 5.74) is 0.0315. The minimum Gasteiger partial charge on any atom is -0.260 e. The highest BCUT2D eigenvalue weighted by atomic mass is 79.9. The van der Waals surface area contributed by atoms with Crippen molar-refractivity contribution < 1.29 is 36.3 Å². The van der Waals surface area contributed by atoms with Gasteiger partial charge in [0.15, 0.2) is 0 Å². The molecule has 0 aliphatic carbocycles. The van der Waals surface area contributed by atoms with Crippen molar-refractivity contribution in [3.05, 3.63) is 11.1 Å². The summed E-state index contributed by atoms with van der Waals surface area (Å²) < 4.78 is 56.4. The van der Waals surface area contributed by atoms with Crippen LogP contribution in [0.2, 0.25) is 0 Å². The van der Waals surface area contributed by atoms with Gasteiger partial charge in [0.05, 0.1) is 0 Å². The number of halogens is 4. The van der Waals surface area contributed by atoms with Crippen molar-refractivity contribution in [2.75, 3.05) is 16.0 Å². The molecule has 4 bridgehead atoms. The quantitative estimate of drug-likeness (QED) is 0.169. The van der Waals surface area contributed by atoms with E-state index in [9.17, 15) is 9.13 Å². The van der Waals surface area contributed by atoms with Crippen molar-refractivity contribution in [1.29, 1.82) is 0 Å². The van der Waals surface area contributed by atoms with Crippen LogP contribution in [0.15, 0.2) is 11.1 Å². The Hall–Kier alpha value is 1.88. The first-order valence-corrected chi connectivity index (χ1v) is 15.6. The van der Waals surface area contributed by atoms with E-state index in [0.29, 0.717) is 21.6 Å². The minimum atomic E-state index is -3.83. The van der Waals surface area contributed by atoms with Crippen molar-refractivity contribution in [3.8, 4) is 0 Å². The lowest BCUT2D eigenvalue weighted by Gasteiger charge is -2.62. The number of allylic oxidation sites excluding steroid dienone is 1. The van der Waals surface area contributed by atoms with Gasteiger partial charge in [0.25, 0.3) is 4.70 Å². The van der Waals surface area contributed by atoms with Gasteiger partial charge in [0.2, 0.25) is 5.60 Å². The molecule has 28 heavy (non-hydrogen) atoms. The molecule has 6 rings (SSSR count). The van der Waals surface area contributed by atoms with Crippen molar-refractivity contribution >= 4 is 79.4 Å². The molecule has 0 spiro atoms. The van der Waals surface area contributed by atoms with Gasteiger partial charge in [-0.25, -0.2) is 31.7 Å². The molecule has 6 aliphatic heterocycles. The zero-order chi connectivity index (χ0) is 20.8. The number of hydrogen-bond acceptors (Lipinski definition) is 8. The smallest absolute Gasteiger partial charge is 0.260 e. The average molecular weight is 696 g/mol. The number of rotatable bonds is 8. The second-order valence-electron chi connectivity index (χ2n) is 7.25. The molecular formula is C14H18Br4O8P2. The number of phosphoric acid groups is 2. The molecule has 0 amide bonds. The van der Waals surface area contributed by atoms with Crippen LogP contribution in [-0.4, -0.2) is 32.3 Å². The predicted molar refractivity (Wildman–Crippen MR) is 115 cm³/mol. The number of fused-ring (bicyclic) bond motifs is 1. The highest BCUT2D eigenvalue weighted by Crippen LogP contribution is 2.92. The molecule has 4 unspecified atom stereocenters. The molecule has 6 aliphatic rings. The Bertz CT molecular complexity index is 788. The first kappa shape index (κ1) is 23.1. The third-order valence-electron chi connectivity index (χ3n) is 5.19. The zero-order valence-corrected chi connectivity index (χ0v) is 23.2. The predicted octanol–water partition coefficient (Wildman–Crippen LogP) is 6.19. The standard InChI is InChI=1S/C14H18Br4O8P2/c1-7(4-15)10(8(2)5-16)11(9(3)6-17)12(14-24-28(20,25-14)26-14)13(18)22-27(19,21-12)23-13/h7-9H,4-6H2,1-3H3. The zero-order valence-electron chi connectivity index (χ0n) is 15.0. The first-order chi connectivity index (χ1) is 12.9. The van der Waals surface area contributed by atoms with E-state index in [1.807, 2.05) is 6.92 Å². The molecule has 14 heteroatoms. The lowest BCUT2D eigenvalue weighted by molar-refractivity contribution is -0.481. The molecule has 0 aromatic rings. The molecule has 160 valence electrons. The Kier molecular flexibility index (Phi) is 5.92. The van der Waals surface area contributed by atoms with Gasteiger partial charge in [-0.15, -0.1) is 0 Å². The average Bonchev–Trinajstić information content (AvgIpc) is 2.94. The third kappa shape index (κ3) is 2.86. The van der Waals surface area contributed by atoms with E-state index in [1.165, 1.54) is 0 Å². The SMILES string of the molecule is CC(CBr)C(=C(C(C)CBr)C1(C23OP(=O)(O2)O3)OP2(=O)OC1(Br)O2)C(C)CBr. The fourth-order valence-electron chi connectivity index (χ4n) is 4.05. The van der Waals surface area contributed by atoms with Crippen molar-refractivity contribution in [2.45, 2.75) is 37.0 Å². The molecular weight excluding hydrogens is 678 g/mol. The fraction of sp³-hybridized carbons (Fsp3) is 0.857. The van der Waals surface area contributed by atoms with E-state index in [4.69, 9.17) is 27.1 Å². The van der Waals surface area contributed by atoms with Crippen molar-refractivity contribution in [3.63, 3.8) is 0 Å². The maximum atomic E-state index is 12.7. The number of phosphoric ester groups is 2. The maximum absolute atomic E-state index is 12.7. The summed E-state index contributed by atoms with van der Waals surface area (Å²) in [5, 5.41) is 1.91. The number of alkyl halides is 4. The van der Waals surface area contributed by atoms with Crippen molar-refractivity contribution in [1.82, 2.24) is 0 Å². The first-order valence-electron chi connectivity index (χ1n) is 8.50. The summed E-state index contributed by atoms with van der Waals surface area (Å²) in [4.78, 5) is 0. The molecule has 6 heterocycles. The summed E-state index contributed by atoms with van der Waals surface area (Å²) in [5.74, 6) is -1.85. The van der Waals surface area contributed by atoms with Crippen LogP contribution in [0.4, 0.5) is 0 Å². The van der Waals surface area contributed by atoms with Gasteiger partial charge in [-0.3, -0.25) is 4.52 Å². The minimum absolute atomic E-state index is 0.0720. The molecule has 0 saturated carbocycles. The van der Waals surface area contributed by atoms with Gasteiger partial charge < -0.3 is 0 Å². The van der Waals surface area contributed by atoms with E-state index in [-0.39, 0.29) is 17.8 Å². The van der Waals surface area contributed by atoms with Gasteiger partial charge in [-0.2, -0.15) is 0 Å². The van der Waals surface area contributed by atoms with Gasteiger partial charge in [0, 0.05) is 16.0 Å². The van der Waals surface area contributed by atoms with Crippen molar-refractivity contribution in [2.24, 2.45) is 17.8 Å². The Morgan fingerprint density at radius 1 is 0.786 bits per heavy atom. The Morgan fingerprint density at radius 3 is 1.54 bits per heavy atom. The van der Waals surface area contributed by atoms with Crippen LogP contribution in [0.25, 0.3) is 0 Å². The molecule has 0 aromatic carbocycles. The monoisotopic (exact) mass is 692 g/mol. The largest absolute Gasteiger partial charge is 0.488 e. The van der Waals surface area contributed by atoms with Gasteiger partial charge in [-0.05, 0) is 39.3 Å². The topological polar surface area (TPSA) is 89.5 Å². The fourth-order valence-corrected chi connectivity index (χ4v) is 9.69. The van der Waals surface area contributed by atoms with Crippen LogP contribution in [0, 0.1) is 17.8 Å². The lowest BCUT2D eigenvalue weighted by atomic mass is 9.74. The summed E-state index contributed by atoms with van der Waals surface area (Å²) in [6.45, 7) is 6.11. The van der Waals surface area contributed by atoms with Crippen LogP contribution >= 0.6 is 79.4 Å². The van der Waals surface area contributed by atoms with E-state index in [0.717, 1.165) is 5.57 Å². The van der Waals surface area contributed by atoms with Gasteiger partial charge in [0.1, 0.15) is 0 Å². The van der Waals surface area contributed by atoms with Crippen LogP contribution < -0.4 is 0 Å². The van der Waals surface area contributed by atoms with E-state index in [1.54, 1.807) is 0 Å². The highest BCUT2D eigenvalue weighted by molar-refractivity contribution is 9.10. The molecule has 0 radical (unpaired) electrons. The molecule has 8 nitrogen and oxygen atoms in total. The van der Waals surface area contributed by atoms with E-state index >= 15 is 0 Å². The second-order valence-corrected chi connectivity index (χ2v) is 13.1. The van der Waals surface area contributed by atoms with Crippen LogP contribution in [-0.2, 0) is 36.3 Å². The Balaban J connectivity index is 1.98. The lowest BCUT2D eigenvalue weighted by Crippen LogP contribution is -2.77. The molecule has 0 N–H and O–H groups in total. The molecule has 6 saturated heterocycles.